The third-order valence-corrected chi connectivity index (χ3v) is 3.90. The number of carbonyl (C=O) groups is 1. The maximum Gasteiger partial charge on any atom is 0.220 e. The van der Waals surface area contributed by atoms with Gasteiger partial charge in [-0.25, -0.2) is 0 Å². The highest BCUT2D eigenvalue weighted by Crippen LogP contribution is 2.22. The average molecular weight is 296 g/mol. The van der Waals surface area contributed by atoms with Crippen molar-refractivity contribution >= 4 is 17.5 Å². The van der Waals surface area contributed by atoms with Gasteiger partial charge in [0, 0.05) is 17.5 Å². The first kappa shape index (κ1) is 15.2. The quantitative estimate of drug-likeness (QED) is 0.809. The van der Waals surface area contributed by atoms with E-state index in [0.717, 1.165) is 30.6 Å². The van der Waals surface area contributed by atoms with E-state index >= 15 is 0 Å². The third kappa shape index (κ3) is 4.71. The zero-order valence-electron chi connectivity index (χ0n) is 12.0. The number of amides is 1. The van der Waals surface area contributed by atoms with Crippen molar-refractivity contribution in [1.29, 1.82) is 0 Å². The van der Waals surface area contributed by atoms with Crippen LogP contribution in [0.2, 0.25) is 5.02 Å². The van der Waals surface area contributed by atoms with Gasteiger partial charge in [0.25, 0.3) is 0 Å². The molecule has 1 amide bonds. The summed E-state index contributed by atoms with van der Waals surface area (Å²) in [5, 5.41) is 3.80. The molecule has 0 aromatic heterocycles. The van der Waals surface area contributed by atoms with Crippen molar-refractivity contribution in [3.05, 3.63) is 28.8 Å². The second-order valence-electron chi connectivity index (χ2n) is 5.41. The van der Waals surface area contributed by atoms with Gasteiger partial charge in [-0.15, -0.1) is 0 Å². The molecule has 0 unspecified atom stereocenters. The molecule has 0 atom stereocenters. The molecule has 1 N–H and O–H groups in total. The van der Waals surface area contributed by atoms with Gasteiger partial charge < -0.3 is 10.1 Å². The molecule has 0 bridgehead atoms. The molecule has 1 aliphatic carbocycles. The minimum Gasteiger partial charge on any atom is -0.493 e. The van der Waals surface area contributed by atoms with E-state index in [1.54, 1.807) is 0 Å². The van der Waals surface area contributed by atoms with Gasteiger partial charge >= 0.3 is 0 Å². The van der Waals surface area contributed by atoms with E-state index in [-0.39, 0.29) is 5.91 Å². The summed E-state index contributed by atoms with van der Waals surface area (Å²) in [6.45, 7) is 2.52. The summed E-state index contributed by atoms with van der Waals surface area (Å²) in [7, 11) is 0. The van der Waals surface area contributed by atoms with Crippen molar-refractivity contribution in [2.24, 2.45) is 0 Å². The number of nitrogens with one attached hydrogen (secondary N) is 1. The van der Waals surface area contributed by atoms with Crippen LogP contribution < -0.4 is 10.1 Å². The Morgan fingerprint density at radius 2 is 2.15 bits per heavy atom. The Hall–Kier alpha value is -1.22. The number of hydrogen-bond donors (Lipinski definition) is 1. The molecule has 1 aliphatic rings. The number of carbonyl (C=O) groups excluding carboxylic acids is 1. The fourth-order valence-corrected chi connectivity index (χ4v) is 2.79. The Bertz CT molecular complexity index is 456. The largest absolute Gasteiger partial charge is 0.493 e. The summed E-state index contributed by atoms with van der Waals surface area (Å²) < 4.78 is 5.67. The topological polar surface area (TPSA) is 38.3 Å². The van der Waals surface area contributed by atoms with Gasteiger partial charge in [0.05, 0.1) is 6.61 Å². The van der Waals surface area contributed by atoms with E-state index in [1.807, 2.05) is 25.1 Å². The monoisotopic (exact) mass is 295 g/mol. The van der Waals surface area contributed by atoms with E-state index < -0.39 is 0 Å². The fourth-order valence-electron chi connectivity index (χ4n) is 2.56. The summed E-state index contributed by atoms with van der Waals surface area (Å²) >= 11 is 5.89. The SMILES string of the molecule is Cc1cc(Cl)ccc1OCCCC(=O)NC1CCCC1. The molecule has 4 heteroatoms. The smallest absolute Gasteiger partial charge is 0.220 e. The molecule has 1 aromatic rings. The number of aryl methyl sites for hydroxylation is 1. The maximum atomic E-state index is 11.7. The van der Waals surface area contributed by atoms with Gasteiger partial charge in [-0.2, -0.15) is 0 Å². The van der Waals surface area contributed by atoms with Crippen molar-refractivity contribution in [3.8, 4) is 5.75 Å². The van der Waals surface area contributed by atoms with Crippen molar-refractivity contribution in [3.63, 3.8) is 0 Å². The Labute approximate surface area is 125 Å². The van der Waals surface area contributed by atoms with E-state index in [1.165, 1.54) is 12.8 Å². The summed E-state index contributed by atoms with van der Waals surface area (Å²) in [5.41, 5.74) is 1.02. The number of rotatable bonds is 6. The van der Waals surface area contributed by atoms with E-state index in [2.05, 4.69) is 5.32 Å². The van der Waals surface area contributed by atoms with Crippen LogP contribution in [0.3, 0.4) is 0 Å². The van der Waals surface area contributed by atoms with Crippen molar-refractivity contribution in [2.45, 2.75) is 51.5 Å². The molecule has 0 spiro atoms. The Balaban J connectivity index is 1.64. The molecular formula is C16H22ClNO2. The van der Waals surface area contributed by atoms with E-state index in [9.17, 15) is 4.79 Å². The number of ether oxygens (including phenoxy) is 1. The molecular weight excluding hydrogens is 274 g/mol. The van der Waals surface area contributed by atoms with Crippen molar-refractivity contribution in [2.75, 3.05) is 6.61 Å². The third-order valence-electron chi connectivity index (χ3n) is 3.66. The number of hydrogen-bond acceptors (Lipinski definition) is 2. The lowest BCUT2D eigenvalue weighted by molar-refractivity contribution is -0.122. The first-order valence-electron chi connectivity index (χ1n) is 7.33. The van der Waals surface area contributed by atoms with Crippen LogP contribution in [0, 0.1) is 6.92 Å². The molecule has 3 nitrogen and oxygen atoms in total. The normalized spacial score (nSPS) is 15.3. The Morgan fingerprint density at radius 3 is 2.85 bits per heavy atom. The van der Waals surface area contributed by atoms with Crippen LogP contribution in [0.4, 0.5) is 0 Å². The van der Waals surface area contributed by atoms with Crippen LogP contribution in [0.15, 0.2) is 18.2 Å². The van der Waals surface area contributed by atoms with E-state index in [4.69, 9.17) is 16.3 Å². The first-order chi connectivity index (χ1) is 9.65. The molecule has 0 radical (unpaired) electrons. The highest BCUT2D eigenvalue weighted by Gasteiger charge is 2.16. The Morgan fingerprint density at radius 1 is 1.40 bits per heavy atom. The lowest BCUT2D eigenvalue weighted by Crippen LogP contribution is -2.32. The lowest BCUT2D eigenvalue weighted by Gasteiger charge is -2.12. The van der Waals surface area contributed by atoms with Crippen molar-refractivity contribution < 1.29 is 9.53 Å². The zero-order valence-corrected chi connectivity index (χ0v) is 12.7. The van der Waals surface area contributed by atoms with Crippen LogP contribution in [-0.4, -0.2) is 18.6 Å². The van der Waals surface area contributed by atoms with Crippen LogP contribution in [0.25, 0.3) is 0 Å². The minimum absolute atomic E-state index is 0.147. The van der Waals surface area contributed by atoms with Gasteiger partial charge in [-0.1, -0.05) is 24.4 Å². The summed E-state index contributed by atoms with van der Waals surface area (Å²) in [4.78, 5) is 11.7. The first-order valence-corrected chi connectivity index (χ1v) is 7.71. The Kier molecular flexibility index (Phi) is 5.72. The molecule has 110 valence electrons. The predicted octanol–water partition coefficient (Wildman–Crippen LogP) is 3.87. The predicted molar refractivity (Wildman–Crippen MR) is 81.3 cm³/mol. The van der Waals surface area contributed by atoms with Gasteiger partial charge in [0.1, 0.15) is 5.75 Å². The molecule has 1 aromatic carbocycles. The standard InChI is InChI=1S/C16H22ClNO2/c1-12-11-13(17)8-9-15(12)20-10-4-7-16(19)18-14-5-2-3-6-14/h8-9,11,14H,2-7,10H2,1H3,(H,18,19). The zero-order chi connectivity index (χ0) is 14.4. The molecule has 2 rings (SSSR count). The van der Waals surface area contributed by atoms with Gasteiger partial charge in [0.2, 0.25) is 5.91 Å². The average Bonchev–Trinajstić information content (AvgIpc) is 2.89. The van der Waals surface area contributed by atoms with Gasteiger partial charge in [-0.05, 0) is 49.9 Å². The second kappa shape index (κ2) is 7.53. The minimum atomic E-state index is 0.147. The van der Waals surface area contributed by atoms with Crippen LogP contribution in [0.1, 0.15) is 44.1 Å². The molecule has 0 saturated heterocycles. The molecule has 0 aliphatic heterocycles. The highest BCUT2D eigenvalue weighted by molar-refractivity contribution is 6.30. The van der Waals surface area contributed by atoms with Crippen molar-refractivity contribution in [1.82, 2.24) is 5.32 Å². The molecule has 0 heterocycles. The van der Waals surface area contributed by atoms with Crippen LogP contribution in [-0.2, 0) is 4.79 Å². The van der Waals surface area contributed by atoms with Gasteiger partial charge in [0.15, 0.2) is 0 Å². The van der Waals surface area contributed by atoms with E-state index in [0.29, 0.717) is 24.1 Å². The number of halogens is 1. The fraction of sp³-hybridized carbons (Fsp3) is 0.562. The maximum absolute atomic E-state index is 11.7. The number of benzene rings is 1. The summed E-state index contributed by atoms with van der Waals surface area (Å²) in [5.74, 6) is 0.985. The summed E-state index contributed by atoms with van der Waals surface area (Å²) in [6.07, 6.45) is 6.01. The lowest BCUT2D eigenvalue weighted by atomic mass is 10.2. The van der Waals surface area contributed by atoms with Crippen LogP contribution in [0.5, 0.6) is 5.75 Å². The molecule has 1 fully saturated rings. The molecule has 20 heavy (non-hydrogen) atoms. The molecule has 1 saturated carbocycles. The van der Waals surface area contributed by atoms with Gasteiger partial charge in [-0.3, -0.25) is 4.79 Å². The van der Waals surface area contributed by atoms with Crippen LogP contribution >= 0.6 is 11.6 Å². The highest BCUT2D eigenvalue weighted by atomic mass is 35.5. The summed E-state index contributed by atoms with van der Waals surface area (Å²) in [6, 6.07) is 5.97. The second-order valence-corrected chi connectivity index (χ2v) is 5.85.